The molecular formula is C13H16ClNO3. The van der Waals surface area contributed by atoms with Crippen molar-refractivity contribution in [1.82, 2.24) is 5.32 Å². The van der Waals surface area contributed by atoms with E-state index in [2.05, 4.69) is 5.32 Å². The summed E-state index contributed by atoms with van der Waals surface area (Å²) in [5.41, 5.74) is 0.429. The van der Waals surface area contributed by atoms with Gasteiger partial charge in [0.1, 0.15) is 11.8 Å². The van der Waals surface area contributed by atoms with Crippen molar-refractivity contribution in [2.75, 3.05) is 7.11 Å². The molecule has 4 nitrogen and oxygen atoms in total. The third kappa shape index (κ3) is 3.74. The molecule has 0 saturated carbocycles. The summed E-state index contributed by atoms with van der Waals surface area (Å²) in [7, 11) is 1.52. The first-order valence-corrected chi connectivity index (χ1v) is 5.97. The summed E-state index contributed by atoms with van der Waals surface area (Å²) >= 11 is 5.45. The molecule has 0 spiro atoms. The van der Waals surface area contributed by atoms with Crippen LogP contribution in [0, 0.1) is 5.92 Å². The van der Waals surface area contributed by atoms with Crippen molar-refractivity contribution in [2.24, 2.45) is 5.92 Å². The molecule has 5 heteroatoms. The predicted molar refractivity (Wildman–Crippen MR) is 69.9 cm³/mol. The molecule has 0 aliphatic carbocycles. The largest absolute Gasteiger partial charge is 0.497 e. The summed E-state index contributed by atoms with van der Waals surface area (Å²) in [6.45, 7) is 3.63. The maximum atomic E-state index is 12.0. The van der Waals surface area contributed by atoms with Gasteiger partial charge in [0.25, 0.3) is 5.91 Å². The van der Waals surface area contributed by atoms with E-state index in [1.165, 1.54) is 7.11 Å². The number of ether oxygens (including phenoxy) is 1. The van der Waals surface area contributed by atoms with Crippen LogP contribution in [0.4, 0.5) is 0 Å². The maximum Gasteiger partial charge on any atom is 0.252 e. The molecule has 1 atom stereocenters. The van der Waals surface area contributed by atoms with Crippen LogP contribution in [-0.2, 0) is 4.79 Å². The molecule has 1 unspecified atom stereocenters. The summed E-state index contributed by atoms with van der Waals surface area (Å²) in [6, 6.07) is 6.01. The Balaban J connectivity index is 2.83. The molecule has 0 aliphatic rings. The first-order chi connectivity index (χ1) is 8.45. The van der Waals surface area contributed by atoms with E-state index in [9.17, 15) is 9.59 Å². The minimum Gasteiger partial charge on any atom is -0.497 e. The van der Waals surface area contributed by atoms with Crippen molar-refractivity contribution in [3.63, 3.8) is 0 Å². The minimum atomic E-state index is -0.689. The smallest absolute Gasteiger partial charge is 0.252 e. The molecule has 1 aromatic rings. The van der Waals surface area contributed by atoms with E-state index in [1.54, 1.807) is 24.3 Å². The van der Waals surface area contributed by atoms with Crippen molar-refractivity contribution in [3.8, 4) is 5.75 Å². The van der Waals surface area contributed by atoms with Gasteiger partial charge >= 0.3 is 0 Å². The van der Waals surface area contributed by atoms with Crippen molar-refractivity contribution < 1.29 is 14.3 Å². The van der Waals surface area contributed by atoms with Gasteiger partial charge in [0.05, 0.1) is 7.11 Å². The summed E-state index contributed by atoms with van der Waals surface area (Å²) in [5, 5.41) is 2.04. The van der Waals surface area contributed by atoms with Crippen LogP contribution in [0.1, 0.15) is 24.2 Å². The maximum absolute atomic E-state index is 12.0. The van der Waals surface area contributed by atoms with Crippen LogP contribution in [0.25, 0.3) is 0 Å². The number of hydrogen-bond donors (Lipinski definition) is 1. The van der Waals surface area contributed by atoms with Gasteiger partial charge in [-0.3, -0.25) is 9.59 Å². The Hall–Kier alpha value is -1.55. The second kappa shape index (κ2) is 6.40. The Labute approximate surface area is 111 Å². The van der Waals surface area contributed by atoms with Crippen LogP contribution in [-0.4, -0.2) is 24.3 Å². The number of amides is 1. The van der Waals surface area contributed by atoms with Crippen molar-refractivity contribution in [2.45, 2.75) is 19.9 Å². The molecule has 1 amide bonds. The average Bonchev–Trinajstić information content (AvgIpc) is 2.34. The number of halogens is 1. The third-order valence-electron chi connectivity index (χ3n) is 2.53. The monoisotopic (exact) mass is 269 g/mol. The molecule has 1 rings (SSSR count). The van der Waals surface area contributed by atoms with Crippen LogP contribution < -0.4 is 10.1 Å². The van der Waals surface area contributed by atoms with E-state index >= 15 is 0 Å². The zero-order chi connectivity index (χ0) is 13.7. The van der Waals surface area contributed by atoms with Gasteiger partial charge in [-0.25, -0.2) is 0 Å². The van der Waals surface area contributed by atoms with E-state index in [0.717, 1.165) is 0 Å². The highest BCUT2D eigenvalue weighted by molar-refractivity contribution is 6.64. The van der Waals surface area contributed by atoms with E-state index in [-0.39, 0.29) is 11.8 Å². The van der Waals surface area contributed by atoms with Gasteiger partial charge in [-0.2, -0.15) is 0 Å². The van der Waals surface area contributed by atoms with E-state index < -0.39 is 11.3 Å². The number of carbonyl (C=O) groups excluding carboxylic acids is 2. The third-order valence-corrected chi connectivity index (χ3v) is 2.76. The van der Waals surface area contributed by atoms with Crippen molar-refractivity contribution >= 4 is 22.8 Å². The molecule has 1 N–H and O–H groups in total. The van der Waals surface area contributed by atoms with E-state index in [4.69, 9.17) is 16.3 Å². The molecule has 0 aliphatic heterocycles. The normalized spacial score (nSPS) is 12.1. The highest BCUT2D eigenvalue weighted by Gasteiger charge is 2.22. The van der Waals surface area contributed by atoms with Crippen molar-refractivity contribution in [1.29, 1.82) is 0 Å². The lowest BCUT2D eigenvalue weighted by Crippen LogP contribution is -2.42. The summed E-state index contributed by atoms with van der Waals surface area (Å²) in [4.78, 5) is 23.2. The van der Waals surface area contributed by atoms with Gasteiger partial charge in [-0.1, -0.05) is 19.9 Å². The number of nitrogens with one attached hydrogen (secondary N) is 1. The molecule has 0 bridgehead atoms. The first kappa shape index (κ1) is 14.5. The van der Waals surface area contributed by atoms with E-state index in [0.29, 0.717) is 11.3 Å². The molecule has 98 valence electrons. The number of methoxy groups -OCH3 is 1. The standard InChI is InChI=1S/C13H16ClNO3/c1-8(2)11(12(14)16)15-13(17)9-5-4-6-10(7-9)18-3/h4-8,11H,1-3H3,(H,15,17). The molecular weight excluding hydrogens is 254 g/mol. The zero-order valence-corrected chi connectivity index (χ0v) is 11.3. The molecule has 0 fully saturated rings. The molecule has 0 radical (unpaired) electrons. The fourth-order valence-corrected chi connectivity index (χ4v) is 1.78. The average molecular weight is 270 g/mol. The Bertz CT molecular complexity index is 446. The first-order valence-electron chi connectivity index (χ1n) is 5.60. The van der Waals surface area contributed by atoms with Crippen LogP contribution in [0.2, 0.25) is 0 Å². The molecule has 1 aromatic carbocycles. The van der Waals surface area contributed by atoms with Gasteiger partial charge < -0.3 is 10.1 Å². The number of carbonyl (C=O) groups is 2. The Morgan fingerprint density at radius 3 is 2.50 bits per heavy atom. The number of rotatable bonds is 5. The van der Waals surface area contributed by atoms with Gasteiger partial charge in [-0.15, -0.1) is 0 Å². The molecule has 18 heavy (non-hydrogen) atoms. The minimum absolute atomic E-state index is 0.0652. The van der Waals surface area contributed by atoms with Crippen LogP contribution >= 0.6 is 11.6 Å². The fourth-order valence-electron chi connectivity index (χ4n) is 1.47. The molecule has 0 heterocycles. The Morgan fingerprint density at radius 1 is 1.33 bits per heavy atom. The lowest BCUT2D eigenvalue weighted by atomic mass is 10.1. The van der Waals surface area contributed by atoms with Crippen molar-refractivity contribution in [3.05, 3.63) is 29.8 Å². The van der Waals surface area contributed by atoms with Gasteiger partial charge in [-0.05, 0) is 35.7 Å². The highest BCUT2D eigenvalue weighted by atomic mass is 35.5. The second-order valence-corrected chi connectivity index (χ2v) is 4.60. The molecule has 0 saturated heterocycles. The van der Waals surface area contributed by atoms with Crippen LogP contribution in [0.15, 0.2) is 24.3 Å². The number of hydrogen-bond acceptors (Lipinski definition) is 3. The summed E-state index contributed by atoms with van der Waals surface area (Å²) < 4.78 is 5.03. The summed E-state index contributed by atoms with van der Waals surface area (Å²) in [5.74, 6) is 0.173. The Kier molecular flexibility index (Phi) is 5.16. The lowest BCUT2D eigenvalue weighted by Gasteiger charge is -2.18. The Morgan fingerprint density at radius 2 is 2.00 bits per heavy atom. The van der Waals surface area contributed by atoms with E-state index in [1.807, 2.05) is 13.8 Å². The summed E-state index contributed by atoms with van der Waals surface area (Å²) in [6.07, 6.45) is 0. The lowest BCUT2D eigenvalue weighted by molar-refractivity contribution is -0.114. The van der Waals surface area contributed by atoms with Gasteiger partial charge in [0, 0.05) is 5.56 Å². The topological polar surface area (TPSA) is 55.4 Å². The zero-order valence-electron chi connectivity index (χ0n) is 10.6. The van der Waals surface area contributed by atoms with Gasteiger partial charge in [0.15, 0.2) is 0 Å². The van der Waals surface area contributed by atoms with Crippen LogP contribution in [0.5, 0.6) is 5.75 Å². The molecule has 0 aromatic heterocycles. The highest BCUT2D eigenvalue weighted by Crippen LogP contribution is 2.13. The second-order valence-electron chi connectivity index (χ2n) is 4.23. The van der Waals surface area contributed by atoms with Crippen LogP contribution in [0.3, 0.4) is 0 Å². The number of benzene rings is 1. The quantitative estimate of drug-likeness (QED) is 0.834. The predicted octanol–water partition coefficient (Wildman–Crippen LogP) is 2.21. The van der Waals surface area contributed by atoms with Gasteiger partial charge in [0.2, 0.25) is 5.24 Å². The SMILES string of the molecule is COc1cccc(C(=O)NC(C(=O)Cl)C(C)C)c1. The fraction of sp³-hybridized carbons (Fsp3) is 0.385.